The molecule has 1 aliphatic rings. The molecule has 4 heteroatoms. The average Bonchev–Trinajstić information content (AvgIpc) is 2.50. The molecule has 0 aromatic heterocycles. The topological polar surface area (TPSA) is 52.6 Å². The van der Waals surface area contributed by atoms with Crippen LogP contribution in [-0.2, 0) is 19.1 Å². The number of hydrogen-bond donors (Lipinski definition) is 0. The zero-order valence-corrected chi connectivity index (χ0v) is 7.91. The predicted octanol–water partition coefficient (Wildman–Crippen LogP) is 1.03. The number of esters is 1. The van der Waals surface area contributed by atoms with E-state index in [9.17, 15) is 9.59 Å². The van der Waals surface area contributed by atoms with E-state index in [0.29, 0.717) is 19.3 Å². The van der Waals surface area contributed by atoms with E-state index in [1.54, 1.807) is 6.92 Å². The quantitative estimate of drug-likeness (QED) is 0.618. The highest BCUT2D eigenvalue weighted by molar-refractivity contribution is 5.83. The third kappa shape index (κ3) is 2.81. The van der Waals surface area contributed by atoms with Crippen LogP contribution < -0.4 is 0 Å². The van der Waals surface area contributed by atoms with Crippen molar-refractivity contribution < 1.29 is 19.1 Å². The van der Waals surface area contributed by atoms with Crippen LogP contribution in [0.25, 0.3) is 0 Å². The van der Waals surface area contributed by atoms with Gasteiger partial charge in [0.15, 0.2) is 5.78 Å². The lowest BCUT2D eigenvalue weighted by Gasteiger charge is -2.11. The molecular weight excluding hydrogens is 172 g/mol. The zero-order valence-electron chi connectivity index (χ0n) is 7.91. The Labute approximate surface area is 77.2 Å². The molecule has 0 radical (unpaired) electrons. The van der Waals surface area contributed by atoms with Crippen molar-refractivity contribution in [2.24, 2.45) is 0 Å². The Hall–Kier alpha value is -0.900. The van der Waals surface area contributed by atoms with E-state index in [4.69, 9.17) is 9.47 Å². The fourth-order valence-electron chi connectivity index (χ4n) is 1.34. The lowest BCUT2D eigenvalue weighted by atomic mass is 10.1. The SMILES string of the molecule is CCC(=O)[C@@H]1CC[C@H](OC(C)=O)O1. The molecule has 0 aromatic rings. The molecule has 4 nitrogen and oxygen atoms in total. The molecule has 0 saturated carbocycles. The van der Waals surface area contributed by atoms with E-state index in [0.717, 1.165) is 0 Å². The molecule has 0 bridgehead atoms. The summed E-state index contributed by atoms with van der Waals surface area (Å²) >= 11 is 0. The maximum absolute atomic E-state index is 11.2. The fraction of sp³-hybridized carbons (Fsp3) is 0.778. The first-order chi connectivity index (χ1) is 6.13. The van der Waals surface area contributed by atoms with Crippen molar-refractivity contribution in [3.8, 4) is 0 Å². The Balaban J connectivity index is 2.36. The van der Waals surface area contributed by atoms with Gasteiger partial charge in [0.1, 0.15) is 6.10 Å². The second kappa shape index (κ2) is 4.37. The van der Waals surface area contributed by atoms with Crippen molar-refractivity contribution in [2.45, 2.75) is 45.5 Å². The van der Waals surface area contributed by atoms with Crippen molar-refractivity contribution in [3.05, 3.63) is 0 Å². The van der Waals surface area contributed by atoms with Crippen LogP contribution in [0.4, 0.5) is 0 Å². The molecule has 2 atom stereocenters. The number of carbonyl (C=O) groups is 2. The summed E-state index contributed by atoms with van der Waals surface area (Å²) in [4.78, 5) is 21.7. The van der Waals surface area contributed by atoms with E-state index in [1.807, 2.05) is 0 Å². The highest BCUT2D eigenvalue weighted by Gasteiger charge is 2.31. The summed E-state index contributed by atoms with van der Waals surface area (Å²) in [6.07, 6.45) is 0.866. The van der Waals surface area contributed by atoms with E-state index in [-0.39, 0.29) is 17.9 Å². The summed E-state index contributed by atoms with van der Waals surface area (Å²) in [5, 5.41) is 0. The number of ether oxygens (including phenoxy) is 2. The fourth-order valence-corrected chi connectivity index (χ4v) is 1.34. The molecule has 1 fully saturated rings. The van der Waals surface area contributed by atoms with Gasteiger partial charge in [0.25, 0.3) is 0 Å². The number of ketones is 1. The van der Waals surface area contributed by atoms with Crippen molar-refractivity contribution in [2.75, 3.05) is 0 Å². The van der Waals surface area contributed by atoms with Crippen LogP contribution in [-0.4, -0.2) is 24.1 Å². The molecule has 1 saturated heterocycles. The number of carbonyl (C=O) groups excluding carboxylic acids is 2. The van der Waals surface area contributed by atoms with Crippen molar-refractivity contribution in [3.63, 3.8) is 0 Å². The molecule has 1 aliphatic heterocycles. The van der Waals surface area contributed by atoms with Gasteiger partial charge in [-0.3, -0.25) is 9.59 Å². The van der Waals surface area contributed by atoms with Crippen LogP contribution >= 0.6 is 0 Å². The standard InChI is InChI=1S/C9H14O4/c1-3-7(11)8-4-5-9(13-8)12-6(2)10/h8-9H,3-5H2,1-2H3/t8-,9+/m0/s1. The maximum atomic E-state index is 11.2. The molecule has 0 unspecified atom stereocenters. The van der Waals surface area contributed by atoms with Gasteiger partial charge in [-0.1, -0.05) is 6.92 Å². The summed E-state index contributed by atoms with van der Waals surface area (Å²) in [6.45, 7) is 3.13. The lowest BCUT2D eigenvalue weighted by Crippen LogP contribution is -2.22. The van der Waals surface area contributed by atoms with E-state index in [2.05, 4.69) is 0 Å². The third-order valence-electron chi connectivity index (χ3n) is 1.99. The highest BCUT2D eigenvalue weighted by atomic mass is 16.7. The summed E-state index contributed by atoms with van der Waals surface area (Å²) in [5.74, 6) is -0.288. The number of rotatable bonds is 3. The summed E-state index contributed by atoms with van der Waals surface area (Å²) in [5.41, 5.74) is 0. The van der Waals surface area contributed by atoms with Crippen LogP contribution in [0.3, 0.4) is 0 Å². The van der Waals surface area contributed by atoms with Gasteiger partial charge in [0.05, 0.1) is 0 Å². The van der Waals surface area contributed by atoms with Crippen molar-refractivity contribution >= 4 is 11.8 Å². The van der Waals surface area contributed by atoms with Gasteiger partial charge in [0, 0.05) is 19.8 Å². The van der Waals surface area contributed by atoms with E-state index < -0.39 is 6.29 Å². The smallest absolute Gasteiger partial charge is 0.304 e. The van der Waals surface area contributed by atoms with Crippen LogP contribution in [0.5, 0.6) is 0 Å². The number of Topliss-reactive ketones (excluding diaryl/α,β-unsaturated/α-hetero) is 1. The Morgan fingerprint density at radius 1 is 1.46 bits per heavy atom. The van der Waals surface area contributed by atoms with Crippen molar-refractivity contribution in [1.29, 1.82) is 0 Å². The first kappa shape index (κ1) is 10.2. The first-order valence-electron chi connectivity index (χ1n) is 4.49. The van der Waals surface area contributed by atoms with E-state index >= 15 is 0 Å². The maximum Gasteiger partial charge on any atom is 0.304 e. The van der Waals surface area contributed by atoms with Gasteiger partial charge in [-0.05, 0) is 6.42 Å². The third-order valence-corrected chi connectivity index (χ3v) is 1.99. The lowest BCUT2D eigenvalue weighted by molar-refractivity contribution is -0.175. The van der Waals surface area contributed by atoms with Crippen LogP contribution in [0.1, 0.15) is 33.1 Å². The minimum absolute atomic E-state index is 0.0784. The predicted molar refractivity (Wildman–Crippen MR) is 45.0 cm³/mol. The summed E-state index contributed by atoms with van der Waals surface area (Å²) in [7, 11) is 0. The van der Waals surface area contributed by atoms with Gasteiger partial charge in [-0.25, -0.2) is 0 Å². The van der Waals surface area contributed by atoms with Crippen LogP contribution in [0.2, 0.25) is 0 Å². The Morgan fingerprint density at radius 3 is 2.69 bits per heavy atom. The first-order valence-corrected chi connectivity index (χ1v) is 4.49. The highest BCUT2D eigenvalue weighted by Crippen LogP contribution is 2.21. The van der Waals surface area contributed by atoms with Gasteiger partial charge < -0.3 is 9.47 Å². The molecule has 0 spiro atoms. The molecule has 1 heterocycles. The molecule has 1 rings (SSSR count). The minimum atomic E-state index is -0.516. The second-order valence-electron chi connectivity index (χ2n) is 3.06. The second-order valence-corrected chi connectivity index (χ2v) is 3.06. The minimum Gasteiger partial charge on any atom is -0.436 e. The molecule has 0 N–H and O–H groups in total. The van der Waals surface area contributed by atoms with E-state index in [1.165, 1.54) is 6.92 Å². The largest absolute Gasteiger partial charge is 0.436 e. The van der Waals surface area contributed by atoms with Crippen molar-refractivity contribution in [1.82, 2.24) is 0 Å². The molecule has 0 amide bonds. The molecular formula is C9H14O4. The van der Waals surface area contributed by atoms with Gasteiger partial charge in [0.2, 0.25) is 6.29 Å². The monoisotopic (exact) mass is 186 g/mol. The number of hydrogen-bond acceptors (Lipinski definition) is 4. The van der Waals surface area contributed by atoms with Crippen LogP contribution in [0.15, 0.2) is 0 Å². The summed E-state index contributed by atoms with van der Waals surface area (Å²) < 4.78 is 10.1. The normalized spacial score (nSPS) is 27.2. The van der Waals surface area contributed by atoms with Crippen LogP contribution in [0, 0.1) is 0 Å². The molecule has 13 heavy (non-hydrogen) atoms. The zero-order chi connectivity index (χ0) is 9.84. The Bertz CT molecular complexity index is 212. The average molecular weight is 186 g/mol. The molecule has 74 valence electrons. The van der Waals surface area contributed by atoms with Gasteiger partial charge in [-0.15, -0.1) is 0 Å². The molecule has 0 aromatic carbocycles. The molecule has 0 aliphatic carbocycles. The van der Waals surface area contributed by atoms with Gasteiger partial charge in [-0.2, -0.15) is 0 Å². The summed E-state index contributed by atoms with van der Waals surface area (Å²) in [6, 6.07) is 0. The Morgan fingerprint density at radius 2 is 2.15 bits per heavy atom. The van der Waals surface area contributed by atoms with Gasteiger partial charge >= 0.3 is 5.97 Å². The Kier molecular flexibility index (Phi) is 3.42.